The summed E-state index contributed by atoms with van der Waals surface area (Å²) in [6.07, 6.45) is 0.641. The monoisotopic (exact) mass is 442 g/mol. The molecule has 0 fully saturated rings. The van der Waals surface area contributed by atoms with Gasteiger partial charge in [-0.15, -0.1) is 0 Å². The molecule has 0 radical (unpaired) electrons. The molecule has 1 heterocycles. The Kier molecular flexibility index (Phi) is 5.84. The number of amides is 1. The molecule has 1 aliphatic rings. The van der Waals surface area contributed by atoms with Crippen LogP contribution in [0.1, 0.15) is 16.7 Å². The number of halogens is 2. The van der Waals surface area contributed by atoms with Gasteiger partial charge in [-0.25, -0.2) is 17.2 Å². The molecule has 5 nitrogen and oxygen atoms in total. The average molecular weight is 442 g/mol. The van der Waals surface area contributed by atoms with Crippen molar-refractivity contribution in [2.24, 2.45) is 0 Å². The molecule has 0 spiro atoms. The van der Waals surface area contributed by atoms with Crippen LogP contribution in [0.4, 0.5) is 14.5 Å². The van der Waals surface area contributed by atoms with Crippen molar-refractivity contribution in [3.63, 3.8) is 0 Å². The number of carbonyl (C=O) groups excluding carboxylic acids is 1. The van der Waals surface area contributed by atoms with E-state index in [1.54, 1.807) is 24.3 Å². The van der Waals surface area contributed by atoms with Crippen LogP contribution in [-0.2, 0) is 34.2 Å². The van der Waals surface area contributed by atoms with Crippen LogP contribution in [0.5, 0.6) is 0 Å². The molecule has 1 aliphatic heterocycles. The fourth-order valence-electron chi connectivity index (χ4n) is 3.56. The van der Waals surface area contributed by atoms with Crippen molar-refractivity contribution in [2.45, 2.75) is 24.3 Å². The Hall–Kier alpha value is -3.10. The van der Waals surface area contributed by atoms with E-state index in [1.165, 1.54) is 28.6 Å². The Morgan fingerprint density at radius 1 is 0.903 bits per heavy atom. The fraction of sp³-hybridized carbons (Fsp3) is 0.174. The maximum absolute atomic E-state index is 13.2. The summed E-state index contributed by atoms with van der Waals surface area (Å²) in [5, 5.41) is 2.80. The van der Waals surface area contributed by atoms with Crippen molar-refractivity contribution in [3.8, 4) is 0 Å². The van der Waals surface area contributed by atoms with Crippen LogP contribution >= 0.6 is 0 Å². The Bertz CT molecular complexity index is 1210. The summed E-state index contributed by atoms with van der Waals surface area (Å²) < 4.78 is 53.3. The first-order valence-corrected chi connectivity index (χ1v) is 11.2. The number of carbonyl (C=O) groups is 1. The van der Waals surface area contributed by atoms with Gasteiger partial charge in [-0.05, 0) is 71.6 Å². The van der Waals surface area contributed by atoms with Crippen molar-refractivity contribution < 1.29 is 22.0 Å². The van der Waals surface area contributed by atoms with Crippen LogP contribution in [0.2, 0.25) is 0 Å². The molecule has 0 aliphatic carbocycles. The molecule has 1 N–H and O–H groups in total. The van der Waals surface area contributed by atoms with E-state index < -0.39 is 15.8 Å². The molecule has 8 heteroatoms. The quantitative estimate of drug-likeness (QED) is 0.652. The Morgan fingerprint density at radius 2 is 1.55 bits per heavy atom. The number of sulfonamides is 1. The van der Waals surface area contributed by atoms with Gasteiger partial charge in [0.15, 0.2) is 0 Å². The molecule has 160 valence electrons. The number of rotatable bonds is 5. The lowest BCUT2D eigenvalue weighted by Gasteiger charge is -2.28. The molecule has 0 saturated carbocycles. The Balaban J connectivity index is 1.48. The van der Waals surface area contributed by atoms with Crippen LogP contribution in [0, 0.1) is 11.6 Å². The van der Waals surface area contributed by atoms with Gasteiger partial charge < -0.3 is 5.32 Å². The number of fused-ring (bicyclic) bond motifs is 1. The molecule has 0 aromatic heterocycles. The van der Waals surface area contributed by atoms with E-state index in [0.29, 0.717) is 24.2 Å². The molecule has 4 rings (SSSR count). The number of benzene rings is 3. The zero-order valence-corrected chi connectivity index (χ0v) is 17.3. The Labute approximate surface area is 179 Å². The third-order valence-corrected chi connectivity index (χ3v) is 7.06. The lowest BCUT2D eigenvalue weighted by atomic mass is 10.0. The van der Waals surface area contributed by atoms with Crippen molar-refractivity contribution in [1.29, 1.82) is 0 Å². The van der Waals surface area contributed by atoms with E-state index >= 15 is 0 Å². The molecule has 0 atom stereocenters. The van der Waals surface area contributed by atoms with E-state index in [0.717, 1.165) is 23.3 Å². The van der Waals surface area contributed by atoms with Gasteiger partial charge in [0.1, 0.15) is 11.6 Å². The van der Waals surface area contributed by atoms with E-state index in [4.69, 9.17) is 0 Å². The summed E-state index contributed by atoms with van der Waals surface area (Å²) in [7, 11) is -3.75. The van der Waals surface area contributed by atoms with Gasteiger partial charge >= 0.3 is 0 Å². The lowest BCUT2D eigenvalue weighted by Crippen LogP contribution is -2.36. The van der Waals surface area contributed by atoms with E-state index in [-0.39, 0.29) is 29.6 Å². The second kappa shape index (κ2) is 8.56. The highest BCUT2D eigenvalue weighted by Gasteiger charge is 2.28. The topological polar surface area (TPSA) is 66.5 Å². The van der Waals surface area contributed by atoms with Gasteiger partial charge in [0, 0.05) is 18.8 Å². The normalized spacial score (nSPS) is 14.1. The van der Waals surface area contributed by atoms with Crippen molar-refractivity contribution in [3.05, 3.63) is 95.1 Å². The highest BCUT2D eigenvalue weighted by Crippen LogP contribution is 2.27. The Morgan fingerprint density at radius 3 is 2.23 bits per heavy atom. The molecular formula is C23H20F2N2O3S. The molecule has 3 aromatic carbocycles. The SMILES string of the molecule is O=C(Cc1ccc(F)cc1)Nc1ccc2c(c1)CN(S(=O)(=O)c1ccc(F)cc1)CC2. The van der Waals surface area contributed by atoms with Gasteiger partial charge in [0.25, 0.3) is 0 Å². The summed E-state index contributed by atoms with van der Waals surface area (Å²) in [6, 6.07) is 15.9. The predicted molar refractivity (Wildman–Crippen MR) is 113 cm³/mol. The fourth-order valence-corrected chi connectivity index (χ4v) is 4.98. The minimum atomic E-state index is -3.75. The van der Waals surface area contributed by atoms with Crippen LogP contribution in [0.25, 0.3) is 0 Å². The van der Waals surface area contributed by atoms with Gasteiger partial charge in [0.05, 0.1) is 11.3 Å². The number of nitrogens with one attached hydrogen (secondary N) is 1. The number of anilines is 1. The van der Waals surface area contributed by atoms with Crippen LogP contribution in [0.3, 0.4) is 0 Å². The van der Waals surface area contributed by atoms with E-state index in [9.17, 15) is 22.0 Å². The summed E-state index contributed by atoms with van der Waals surface area (Å²) in [6.45, 7) is 0.486. The third kappa shape index (κ3) is 4.81. The van der Waals surface area contributed by atoms with Gasteiger partial charge in [-0.1, -0.05) is 18.2 Å². The van der Waals surface area contributed by atoms with Gasteiger partial charge in [0.2, 0.25) is 15.9 Å². The van der Waals surface area contributed by atoms with Crippen molar-refractivity contribution in [1.82, 2.24) is 4.31 Å². The molecular weight excluding hydrogens is 422 g/mol. The van der Waals surface area contributed by atoms with Crippen LogP contribution in [-0.4, -0.2) is 25.2 Å². The van der Waals surface area contributed by atoms with Crippen molar-refractivity contribution in [2.75, 3.05) is 11.9 Å². The molecule has 1 amide bonds. The first kappa shape index (κ1) is 21.1. The average Bonchev–Trinajstić information content (AvgIpc) is 2.75. The maximum atomic E-state index is 13.2. The van der Waals surface area contributed by atoms with Crippen molar-refractivity contribution >= 4 is 21.6 Å². The zero-order chi connectivity index (χ0) is 22.0. The maximum Gasteiger partial charge on any atom is 0.243 e. The lowest BCUT2D eigenvalue weighted by molar-refractivity contribution is -0.115. The van der Waals surface area contributed by atoms with Crippen LogP contribution in [0.15, 0.2) is 71.6 Å². The standard InChI is InChI=1S/C23H20F2N2O3S/c24-19-4-1-16(2-5-19)13-23(28)26-21-8-3-17-11-12-27(15-18(17)14-21)31(29,30)22-9-6-20(25)7-10-22/h1-10,14H,11-13,15H2,(H,26,28). The molecule has 0 saturated heterocycles. The first-order chi connectivity index (χ1) is 14.8. The summed E-state index contributed by atoms with van der Waals surface area (Å²) >= 11 is 0. The second-order valence-corrected chi connectivity index (χ2v) is 9.32. The molecule has 0 bridgehead atoms. The smallest absolute Gasteiger partial charge is 0.243 e. The minimum Gasteiger partial charge on any atom is -0.326 e. The number of hydrogen-bond acceptors (Lipinski definition) is 3. The molecule has 31 heavy (non-hydrogen) atoms. The van der Waals surface area contributed by atoms with Gasteiger partial charge in [-0.2, -0.15) is 4.31 Å². The highest BCUT2D eigenvalue weighted by atomic mass is 32.2. The number of nitrogens with zero attached hydrogens (tertiary/aromatic N) is 1. The second-order valence-electron chi connectivity index (χ2n) is 7.38. The highest BCUT2D eigenvalue weighted by molar-refractivity contribution is 7.89. The molecule has 3 aromatic rings. The zero-order valence-electron chi connectivity index (χ0n) is 16.5. The predicted octanol–water partition coefficient (Wildman–Crippen LogP) is 3.89. The van der Waals surface area contributed by atoms with E-state index in [2.05, 4.69) is 5.32 Å². The summed E-state index contributed by atoms with van der Waals surface area (Å²) in [4.78, 5) is 12.4. The number of hydrogen-bond donors (Lipinski definition) is 1. The molecule has 0 unspecified atom stereocenters. The summed E-state index contributed by atoms with van der Waals surface area (Å²) in [5.41, 5.74) is 3.07. The summed E-state index contributed by atoms with van der Waals surface area (Å²) in [5.74, 6) is -1.11. The first-order valence-electron chi connectivity index (χ1n) is 9.73. The van der Waals surface area contributed by atoms with Crippen LogP contribution < -0.4 is 5.32 Å². The van der Waals surface area contributed by atoms with Gasteiger partial charge in [-0.3, -0.25) is 4.79 Å². The largest absolute Gasteiger partial charge is 0.326 e. The third-order valence-electron chi connectivity index (χ3n) is 5.20. The minimum absolute atomic E-state index is 0.0427. The van der Waals surface area contributed by atoms with E-state index in [1.807, 2.05) is 6.07 Å².